The van der Waals surface area contributed by atoms with Crippen molar-refractivity contribution in [3.63, 3.8) is 0 Å². The van der Waals surface area contributed by atoms with Crippen molar-refractivity contribution in [2.45, 2.75) is 33.6 Å². The molecule has 5 nitrogen and oxygen atoms in total. The van der Waals surface area contributed by atoms with Crippen molar-refractivity contribution in [2.24, 2.45) is 11.3 Å². The number of likely N-dealkylation sites (tertiary alicyclic amines) is 1. The molecule has 1 N–H and O–H groups in total. The normalized spacial score (nSPS) is 15.9. The largest absolute Gasteiger partial charge is 0.492 e. The number of nitrogens with one attached hydrogen (secondary N) is 1. The Bertz CT molecular complexity index is 543. The molecule has 0 aliphatic carbocycles. The van der Waals surface area contributed by atoms with Crippen LogP contribution in [-0.4, -0.2) is 43.0 Å². The first kappa shape index (κ1) is 18.3. The molecule has 2 rings (SSSR count). The van der Waals surface area contributed by atoms with Crippen LogP contribution < -0.4 is 10.1 Å². The summed E-state index contributed by atoms with van der Waals surface area (Å²) >= 11 is 0. The summed E-state index contributed by atoms with van der Waals surface area (Å²) in [6, 6.07) is 9.56. The van der Waals surface area contributed by atoms with E-state index in [1.165, 1.54) is 0 Å². The maximum Gasteiger partial charge on any atom is 0.227 e. The number of hydrogen-bond acceptors (Lipinski definition) is 3. The number of carbonyl (C=O) groups excluding carboxylic acids is 2. The third-order valence-corrected chi connectivity index (χ3v) is 4.21. The average molecular weight is 332 g/mol. The predicted octanol–water partition coefficient (Wildman–Crippen LogP) is 2.47. The first-order chi connectivity index (χ1) is 11.4. The maximum absolute atomic E-state index is 12.3. The van der Waals surface area contributed by atoms with Crippen molar-refractivity contribution < 1.29 is 14.3 Å². The van der Waals surface area contributed by atoms with Gasteiger partial charge in [-0.15, -0.1) is 0 Å². The third kappa shape index (κ3) is 5.25. The van der Waals surface area contributed by atoms with E-state index in [4.69, 9.17) is 4.74 Å². The third-order valence-electron chi connectivity index (χ3n) is 4.21. The number of carbonyl (C=O) groups is 2. The van der Waals surface area contributed by atoms with Crippen LogP contribution in [0.25, 0.3) is 0 Å². The van der Waals surface area contributed by atoms with Crippen LogP contribution in [0.15, 0.2) is 30.3 Å². The molecule has 0 spiro atoms. The second-order valence-corrected chi connectivity index (χ2v) is 7.27. The molecule has 1 saturated heterocycles. The molecule has 0 aromatic heterocycles. The minimum absolute atomic E-state index is 0.00857. The van der Waals surface area contributed by atoms with Crippen LogP contribution in [-0.2, 0) is 9.59 Å². The highest BCUT2D eigenvalue weighted by Crippen LogP contribution is 2.23. The van der Waals surface area contributed by atoms with E-state index >= 15 is 0 Å². The first-order valence-electron chi connectivity index (χ1n) is 8.63. The molecule has 0 radical (unpaired) electrons. The Kier molecular flexibility index (Phi) is 6.23. The highest BCUT2D eigenvalue weighted by atomic mass is 16.5. The number of hydrogen-bond donors (Lipinski definition) is 1. The van der Waals surface area contributed by atoms with E-state index in [-0.39, 0.29) is 23.1 Å². The summed E-state index contributed by atoms with van der Waals surface area (Å²) in [5, 5.41) is 2.93. The Balaban J connectivity index is 1.67. The van der Waals surface area contributed by atoms with E-state index in [2.05, 4.69) is 5.32 Å². The van der Waals surface area contributed by atoms with Gasteiger partial charge >= 0.3 is 0 Å². The number of amides is 2. The quantitative estimate of drug-likeness (QED) is 0.843. The lowest BCUT2D eigenvalue weighted by molar-refractivity contribution is -0.142. The fourth-order valence-electron chi connectivity index (χ4n) is 2.82. The first-order valence-corrected chi connectivity index (χ1v) is 8.63. The van der Waals surface area contributed by atoms with Crippen LogP contribution in [0.3, 0.4) is 0 Å². The van der Waals surface area contributed by atoms with Crippen molar-refractivity contribution in [1.29, 1.82) is 0 Å². The van der Waals surface area contributed by atoms with Crippen molar-refractivity contribution in [2.75, 3.05) is 26.2 Å². The van der Waals surface area contributed by atoms with E-state index in [0.717, 1.165) is 18.6 Å². The fraction of sp³-hybridized carbons (Fsp3) is 0.579. The van der Waals surface area contributed by atoms with Gasteiger partial charge in [0.2, 0.25) is 11.8 Å². The van der Waals surface area contributed by atoms with Gasteiger partial charge in [0.15, 0.2) is 0 Å². The van der Waals surface area contributed by atoms with Crippen LogP contribution >= 0.6 is 0 Å². The summed E-state index contributed by atoms with van der Waals surface area (Å²) < 4.78 is 5.56. The minimum Gasteiger partial charge on any atom is -0.492 e. The van der Waals surface area contributed by atoms with Gasteiger partial charge in [0.05, 0.1) is 6.54 Å². The second-order valence-electron chi connectivity index (χ2n) is 7.27. The monoisotopic (exact) mass is 332 g/mol. The van der Waals surface area contributed by atoms with Crippen LogP contribution in [0.1, 0.15) is 33.6 Å². The van der Waals surface area contributed by atoms with Crippen LogP contribution in [0, 0.1) is 11.3 Å². The van der Waals surface area contributed by atoms with E-state index in [0.29, 0.717) is 26.2 Å². The van der Waals surface area contributed by atoms with E-state index < -0.39 is 0 Å². The number of benzene rings is 1. The van der Waals surface area contributed by atoms with Gasteiger partial charge in [-0.2, -0.15) is 0 Å². The van der Waals surface area contributed by atoms with E-state index in [1.807, 2.05) is 56.0 Å². The lowest BCUT2D eigenvalue weighted by atomic mass is 9.91. The number of piperidine rings is 1. The van der Waals surface area contributed by atoms with E-state index in [9.17, 15) is 9.59 Å². The summed E-state index contributed by atoms with van der Waals surface area (Å²) in [6.45, 7) is 8.07. The molecule has 0 atom stereocenters. The van der Waals surface area contributed by atoms with Gasteiger partial charge in [-0.05, 0) is 25.0 Å². The molecule has 0 unspecified atom stereocenters. The predicted molar refractivity (Wildman–Crippen MR) is 93.7 cm³/mol. The number of ether oxygens (including phenoxy) is 1. The molecule has 1 fully saturated rings. The van der Waals surface area contributed by atoms with Gasteiger partial charge in [-0.1, -0.05) is 39.0 Å². The molecule has 0 bridgehead atoms. The Labute approximate surface area is 144 Å². The van der Waals surface area contributed by atoms with Crippen LogP contribution in [0.4, 0.5) is 0 Å². The molecule has 1 heterocycles. The Morgan fingerprint density at radius 1 is 1.17 bits per heavy atom. The summed E-state index contributed by atoms with van der Waals surface area (Å²) in [5.41, 5.74) is -0.357. The van der Waals surface area contributed by atoms with Gasteiger partial charge in [0.25, 0.3) is 0 Å². The Morgan fingerprint density at radius 3 is 2.38 bits per heavy atom. The molecule has 1 aromatic carbocycles. The molecule has 1 aliphatic rings. The minimum atomic E-state index is -0.357. The molecule has 2 amide bonds. The van der Waals surface area contributed by atoms with Crippen LogP contribution in [0.2, 0.25) is 0 Å². The summed E-state index contributed by atoms with van der Waals surface area (Å²) in [5.74, 6) is 1.03. The molecule has 1 aliphatic heterocycles. The molecule has 5 heteroatoms. The second kappa shape index (κ2) is 8.18. The van der Waals surface area contributed by atoms with Crippen molar-refractivity contribution in [3.8, 4) is 5.75 Å². The van der Waals surface area contributed by atoms with Gasteiger partial charge in [-0.3, -0.25) is 9.59 Å². The summed E-state index contributed by atoms with van der Waals surface area (Å²) in [7, 11) is 0. The molecule has 132 valence electrons. The van der Waals surface area contributed by atoms with E-state index in [1.54, 1.807) is 0 Å². The van der Waals surface area contributed by atoms with Crippen molar-refractivity contribution in [1.82, 2.24) is 10.2 Å². The summed E-state index contributed by atoms with van der Waals surface area (Å²) in [4.78, 5) is 26.3. The number of para-hydroxylation sites is 1. The van der Waals surface area contributed by atoms with Gasteiger partial charge in [-0.25, -0.2) is 0 Å². The smallest absolute Gasteiger partial charge is 0.227 e. The molecular formula is C19H28N2O3. The zero-order valence-electron chi connectivity index (χ0n) is 14.9. The molecule has 0 saturated carbocycles. The molecular weight excluding hydrogens is 304 g/mol. The van der Waals surface area contributed by atoms with Gasteiger partial charge in [0, 0.05) is 24.4 Å². The lowest BCUT2D eigenvalue weighted by Gasteiger charge is -2.35. The topological polar surface area (TPSA) is 58.6 Å². The van der Waals surface area contributed by atoms with Crippen molar-refractivity contribution >= 4 is 11.8 Å². The lowest BCUT2D eigenvalue weighted by Crippen LogP contribution is -2.47. The maximum atomic E-state index is 12.3. The van der Waals surface area contributed by atoms with Crippen LogP contribution in [0.5, 0.6) is 5.75 Å². The Hall–Kier alpha value is -2.04. The average Bonchev–Trinajstić information content (AvgIpc) is 2.58. The Morgan fingerprint density at radius 2 is 1.79 bits per heavy atom. The number of nitrogens with zero attached hydrogens (tertiary/aromatic N) is 1. The molecule has 1 aromatic rings. The molecule has 24 heavy (non-hydrogen) atoms. The highest BCUT2D eigenvalue weighted by Gasteiger charge is 2.32. The fourth-order valence-corrected chi connectivity index (χ4v) is 2.82. The van der Waals surface area contributed by atoms with Gasteiger partial charge < -0.3 is 15.0 Å². The van der Waals surface area contributed by atoms with Gasteiger partial charge in [0.1, 0.15) is 12.4 Å². The zero-order chi connectivity index (χ0) is 17.6. The SMILES string of the molecule is CC(C)(C)C(=O)N1CCC(C(=O)NCCOc2ccccc2)CC1. The standard InChI is InChI=1S/C19H28N2O3/c1-19(2,3)18(23)21-12-9-15(10-13-21)17(22)20-11-14-24-16-7-5-4-6-8-16/h4-8,15H,9-14H2,1-3H3,(H,20,22). The highest BCUT2D eigenvalue weighted by molar-refractivity contribution is 5.82. The number of rotatable bonds is 5. The van der Waals surface area contributed by atoms with Crippen molar-refractivity contribution in [3.05, 3.63) is 30.3 Å². The summed E-state index contributed by atoms with van der Waals surface area (Å²) in [6.07, 6.45) is 1.46. The zero-order valence-corrected chi connectivity index (χ0v) is 14.9.